The van der Waals surface area contributed by atoms with Crippen LogP contribution in [0.3, 0.4) is 0 Å². The van der Waals surface area contributed by atoms with E-state index in [1.54, 1.807) is 6.26 Å². The Kier molecular flexibility index (Phi) is 2.74. The predicted octanol–water partition coefficient (Wildman–Crippen LogP) is 1.36. The van der Waals surface area contributed by atoms with Gasteiger partial charge in [0.2, 0.25) is 0 Å². The Hall–Kier alpha value is -0.800. The van der Waals surface area contributed by atoms with Crippen LogP contribution < -0.4 is 5.32 Å². The SMILES string of the molecule is CC(Cc1ccco1)N1C[C@H]2CNC[C@H]2C1. The molecule has 3 heterocycles. The molecule has 88 valence electrons. The van der Waals surface area contributed by atoms with Crippen molar-refractivity contribution >= 4 is 0 Å². The average molecular weight is 220 g/mol. The molecule has 0 amide bonds. The van der Waals surface area contributed by atoms with E-state index in [-0.39, 0.29) is 0 Å². The van der Waals surface area contributed by atoms with Gasteiger partial charge in [0.05, 0.1) is 6.26 Å². The lowest BCUT2D eigenvalue weighted by Gasteiger charge is -2.24. The van der Waals surface area contributed by atoms with E-state index < -0.39 is 0 Å². The third-order valence-corrected chi connectivity index (χ3v) is 4.12. The van der Waals surface area contributed by atoms with Gasteiger partial charge in [0.1, 0.15) is 5.76 Å². The van der Waals surface area contributed by atoms with Gasteiger partial charge in [-0.05, 0) is 44.0 Å². The first-order valence-corrected chi connectivity index (χ1v) is 6.30. The van der Waals surface area contributed by atoms with Crippen molar-refractivity contribution in [3.63, 3.8) is 0 Å². The summed E-state index contributed by atoms with van der Waals surface area (Å²) in [7, 11) is 0. The van der Waals surface area contributed by atoms with Crippen LogP contribution in [0.1, 0.15) is 12.7 Å². The first kappa shape index (κ1) is 10.4. The van der Waals surface area contributed by atoms with Gasteiger partial charge in [-0.3, -0.25) is 4.90 Å². The fourth-order valence-corrected chi connectivity index (χ4v) is 3.10. The second-order valence-corrected chi connectivity index (χ2v) is 5.26. The van der Waals surface area contributed by atoms with Crippen molar-refractivity contribution in [3.8, 4) is 0 Å². The largest absolute Gasteiger partial charge is 0.469 e. The molecule has 1 N–H and O–H groups in total. The molecule has 0 saturated carbocycles. The van der Waals surface area contributed by atoms with E-state index in [1.165, 1.54) is 26.2 Å². The quantitative estimate of drug-likeness (QED) is 0.834. The molecule has 0 aromatic carbocycles. The number of nitrogens with zero attached hydrogens (tertiary/aromatic N) is 1. The lowest BCUT2D eigenvalue weighted by molar-refractivity contribution is 0.231. The van der Waals surface area contributed by atoms with Gasteiger partial charge in [-0.25, -0.2) is 0 Å². The fraction of sp³-hybridized carbons (Fsp3) is 0.692. The zero-order chi connectivity index (χ0) is 11.0. The molecule has 16 heavy (non-hydrogen) atoms. The summed E-state index contributed by atoms with van der Waals surface area (Å²) in [5.41, 5.74) is 0. The topological polar surface area (TPSA) is 28.4 Å². The molecule has 3 atom stereocenters. The highest BCUT2D eigenvalue weighted by Crippen LogP contribution is 2.28. The van der Waals surface area contributed by atoms with E-state index >= 15 is 0 Å². The van der Waals surface area contributed by atoms with Crippen LogP contribution in [0, 0.1) is 11.8 Å². The third-order valence-electron chi connectivity index (χ3n) is 4.12. The smallest absolute Gasteiger partial charge is 0.105 e. The van der Waals surface area contributed by atoms with Crippen molar-refractivity contribution in [2.24, 2.45) is 11.8 Å². The maximum absolute atomic E-state index is 5.42. The average Bonchev–Trinajstić information content (AvgIpc) is 2.91. The van der Waals surface area contributed by atoms with Gasteiger partial charge in [-0.15, -0.1) is 0 Å². The van der Waals surface area contributed by atoms with Crippen molar-refractivity contribution in [2.45, 2.75) is 19.4 Å². The summed E-state index contributed by atoms with van der Waals surface area (Å²) < 4.78 is 5.42. The second-order valence-electron chi connectivity index (χ2n) is 5.26. The van der Waals surface area contributed by atoms with Crippen molar-refractivity contribution < 1.29 is 4.42 Å². The molecule has 1 aromatic heterocycles. The lowest BCUT2D eigenvalue weighted by Crippen LogP contribution is -2.35. The maximum atomic E-state index is 5.42. The normalized spacial score (nSPS) is 31.8. The minimum absolute atomic E-state index is 0.608. The molecule has 2 aliphatic rings. The molecule has 0 bridgehead atoms. The summed E-state index contributed by atoms with van der Waals surface area (Å²) >= 11 is 0. The minimum Gasteiger partial charge on any atom is -0.469 e. The van der Waals surface area contributed by atoms with Gasteiger partial charge in [0.15, 0.2) is 0 Å². The number of hydrogen-bond donors (Lipinski definition) is 1. The van der Waals surface area contributed by atoms with Gasteiger partial charge in [0.25, 0.3) is 0 Å². The molecular weight excluding hydrogens is 200 g/mol. The molecule has 2 saturated heterocycles. The van der Waals surface area contributed by atoms with Gasteiger partial charge in [0, 0.05) is 25.6 Å². The van der Waals surface area contributed by atoms with E-state index in [1.807, 2.05) is 6.07 Å². The lowest BCUT2D eigenvalue weighted by atomic mass is 10.0. The first-order valence-electron chi connectivity index (χ1n) is 6.30. The van der Waals surface area contributed by atoms with Crippen molar-refractivity contribution in [1.82, 2.24) is 10.2 Å². The number of nitrogens with one attached hydrogen (secondary N) is 1. The highest BCUT2D eigenvalue weighted by atomic mass is 16.3. The Morgan fingerprint density at radius 3 is 2.81 bits per heavy atom. The van der Waals surface area contributed by atoms with Crippen molar-refractivity contribution in [2.75, 3.05) is 26.2 Å². The van der Waals surface area contributed by atoms with Crippen LogP contribution in [0.5, 0.6) is 0 Å². The van der Waals surface area contributed by atoms with Crippen molar-refractivity contribution in [1.29, 1.82) is 0 Å². The third kappa shape index (κ3) is 1.89. The standard InChI is InChI=1S/C13H20N2O/c1-10(5-13-3-2-4-16-13)15-8-11-6-14-7-12(11)9-15/h2-4,10-12,14H,5-9H2,1H3/t10?,11-,12+. The Morgan fingerprint density at radius 2 is 2.19 bits per heavy atom. The molecule has 0 aliphatic carbocycles. The number of furan rings is 1. The highest BCUT2D eigenvalue weighted by molar-refractivity contribution is 5.01. The molecule has 1 aromatic rings. The van der Waals surface area contributed by atoms with Crippen LogP contribution in [-0.4, -0.2) is 37.1 Å². The molecule has 0 spiro atoms. The number of hydrogen-bond acceptors (Lipinski definition) is 3. The molecule has 2 fully saturated rings. The molecular formula is C13H20N2O. The van der Waals surface area contributed by atoms with Crippen LogP contribution in [0.2, 0.25) is 0 Å². The highest BCUT2D eigenvalue weighted by Gasteiger charge is 2.37. The summed E-state index contributed by atoms with van der Waals surface area (Å²) in [5.74, 6) is 2.89. The van der Waals surface area contributed by atoms with Gasteiger partial charge in [-0.1, -0.05) is 0 Å². The van der Waals surface area contributed by atoms with E-state index in [0.717, 1.165) is 24.0 Å². The molecule has 3 heteroatoms. The van der Waals surface area contributed by atoms with E-state index in [0.29, 0.717) is 6.04 Å². The maximum Gasteiger partial charge on any atom is 0.105 e. The molecule has 3 nitrogen and oxygen atoms in total. The van der Waals surface area contributed by atoms with Crippen LogP contribution >= 0.6 is 0 Å². The minimum atomic E-state index is 0.608. The Bertz CT molecular complexity index is 324. The molecule has 1 unspecified atom stereocenters. The predicted molar refractivity (Wildman–Crippen MR) is 63.3 cm³/mol. The zero-order valence-electron chi connectivity index (χ0n) is 9.86. The fourth-order valence-electron chi connectivity index (χ4n) is 3.10. The number of fused-ring (bicyclic) bond motifs is 1. The summed E-state index contributed by atoms with van der Waals surface area (Å²) in [6.07, 6.45) is 2.81. The summed E-state index contributed by atoms with van der Waals surface area (Å²) in [5, 5.41) is 3.48. The Balaban J connectivity index is 1.58. The van der Waals surface area contributed by atoms with Crippen molar-refractivity contribution in [3.05, 3.63) is 24.2 Å². The number of rotatable bonds is 3. The van der Waals surface area contributed by atoms with Crippen LogP contribution in [-0.2, 0) is 6.42 Å². The molecule has 3 rings (SSSR count). The Labute approximate surface area is 96.8 Å². The molecule has 0 radical (unpaired) electrons. The first-order chi connectivity index (χ1) is 7.83. The van der Waals surface area contributed by atoms with E-state index in [2.05, 4.69) is 23.2 Å². The van der Waals surface area contributed by atoms with Gasteiger partial charge >= 0.3 is 0 Å². The van der Waals surface area contributed by atoms with Gasteiger partial charge in [-0.2, -0.15) is 0 Å². The van der Waals surface area contributed by atoms with Crippen LogP contribution in [0.4, 0.5) is 0 Å². The zero-order valence-corrected chi connectivity index (χ0v) is 9.86. The van der Waals surface area contributed by atoms with E-state index in [4.69, 9.17) is 4.42 Å². The summed E-state index contributed by atoms with van der Waals surface area (Å²) in [4.78, 5) is 2.62. The van der Waals surface area contributed by atoms with Crippen LogP contribution in [0.15, 0.2) is 22.8 Å². The summed E-state index contributed by atoms with van der Waals surface area (Å²) in [6, 6.07) is 4.66. The number of likely N-dealkylation sites (tertiary alicyclic amines) is 1. The van der Waals surface area contributed by atoms with Gasteiger partial charge < -0.3 is 9.73 Å². The summed E-state index contributed by atoms with van der Waals surface area (Å²) in [6.45, 7) is 7.28. The van der Waals surface area contributed by atoms with E-state index in [9.17, 15) is 0 Å². The second kappa shape index (κ2) is 4.22. The Morgan fingerprint density at radius 1 is 1.44 bits per heavy atom. The monoisotopic (exact) mass is 220 g/mol. The van der Waals surface area contributed by atoms with Crippen LogP contribution in [0.25, 0.3) is 0 Å². The molecule has 2 aliphatic heterocycles.